The first-order chi connectivity index (χ1) is 12.1. The van der Waals surface area contributed by atoms with Crippen LogP contribution in [0.5, 0.6) is 0 Å². The molecule has 138 valence electrons. The molecule has 6 heteroatoms. The number of methoxy groups -OCH3 is 1. The maximum absolute atomic E-state index is 12.6. The second-order valence-corrected chi connectivity index (χ2v) is 8.71. The topological polar surface area (TPSA) is 54.0 Å². The summed E-state index contributed by atoms with van der Waals surface area (Å²) in [7, 11) is -1.55. The molecule has 2 atom stereocenters. The molecule has 5 nitrogen and oxygen atoms in total. The van der Waals surface area contributed by atoms with Crippen LogP contribution in [0.3, 0.4) is 0 Å². The first kappa shape index (κ1) is 19.8. The van der Waals surface area contributed by atoms with Crippen molar-refractivity contribution < 1.29 is 22.8 Å². The van der Waals surface area contributed by atoms with Crippen molar-refractivity contribution in [2.24, 2.45) is 5.41 Å². The Morgan fingerprint density at radius 1 is 1.12 bits per heavy atom. The summed E-state index contributed by atoms with van der Waals surface area (Å²) in [5, 5.41) is 0. The Morgan fingerprint density at radius 3 is 2.16 bits per heavy atom. The highest BCUT2D eigenvalue weighted by atomic mass is 28.4. The van der Waals surface area contributed by atoms with Gasteiger partial charge in [0.25, 0.3) is 0 Å². The number of esters is 1. The van der Waals surface area contributed by atoms with Gasteiger partial charge in [0.15, 0.2) is 0 Å². The minimum Gasteiger partial charge on any atom is -0.468 e. The fourth-order valence-electron chi connectivity index (χ4n) is 3.23. The van der Waals surface area contributed by atoms with Gasteiger partial charge in [0.05, 0.1) is 18.1 Å². The van der Waals surface area contributed by atoms with E-state index >= 15 is 0 Å². The molecule has 25 heavy (non-hydrogen) atoms. The van der Waals surface area contributed by atoms with Gasteiger partial charge in [-0.05, 0) is 32.8 Å². The van der Waals surface area contributed by atoms with E-state index in [1.807, 2.05) is 63.3 Å². The predicted molar refractivity (Wildman–Crippen MR) is 98.9 cm³/mol. The van der Waals surface area contributed by atoms with Crippen molar-refractivity contribution in [3.8, 4) is 0 Å². The summed E-state index contributed by atoms with van der Waals surface area (Å²) in [4.78, 5) is 12.6. The molecule has 0 amide bonds. The average Bonchev–Trinajstić information content (AvgIpc) is 3.37. The molecule has 0 N–H and O–H groups in total. The molecule has 0 spiro atoms. The number of hydrogen-bond acceptors (Lipinski definition) is 5. The molecule has 0 radical (unpaired) electrons. The molecule has 1 aliphatic carbocycles. The monoisotopic (exact) mass is 364 g/mol. The molecule has 0 unspecified atom stereocenters. The number of carbonyl (C=O) groups is 1. The summed E-state index contributed by atoms with van der Waals surface area (Å²) in [6, 6.07) is 9.89. The molecule has 1 aliphatic rings. The lowest BCUT2D eigenvalue weighted by atomic mass is 10.1. The van der Waals surface area contributed by atoms with Gasteiger partial charge < -0.3 is 18.0 Å². The maximum Gasteiger partial charge on any atom is 0.505 e. The van der Waals surface area contributed by atoms with E-state index in [9.17, 15) is 4.79 Å². The van der Waals surface area contributed by atoms with Crippen LogP contribution in [0, 0.1) is 5.41 Å². The zero-order chi connectivity index (χ0) is 18.3. The summed E-state index contributed by atoms with van der Waals surface area (Å²) in [5.41, 5.74) is 0.177. The molecule has 0 saturated heterocycles. The maximum atomic E-state index is 12.6. The second kappa shape index (κ2) is 8.76. The third kappa shape index (κ3) is 4.20. The Balaban J connectivity index is 2.33. The van der Waals surface area contributed by atoms with Crippen molar-refractivity contribution in [3.63, 3.8) is 0 Å². The summed E-state index contributed by atoms with van der Waals surface area (Å²) in [6.07, 6.45) is 4.51. The van der Waals surface area contributed by atoms with Crippen LogP contribution in [0.15, 0.2) is 36.4 Å². The van der Waals surface area contributed by atoms with Crippen molar-refractivity contribution in [2.75, 3.05) is 26.9 Å². The number of carbonyl (C=O) groups excluding carboxylic acids is 1. The molecule has 1 fully saturated rings. The van der Waals surface area contributed by atoms with Crippen molar-refractivity contribution in [1.29, 1.82) is 0 Å². The van der Waals surface area contributed by atoms with Crippen LogP contribution >= 0.6 is 0 Å². The van der Waals surface area contributed by atoms with Gasteiger partial charge in [-0.1, -0.05) is 42.5 Å². The average molecular weight is 365 g/mol. The Kier molecular flexibility index (Phi) is 6.95. The molecule has 0 heterocycles. The van der Waals surface area contributed by atoms with Gasteiger partial charge in [0, 0.05) is 19.8 Å². The third-order valence-corrected chi connectivity index (χ3v) is 8.05. The lowest BCUT2D eigenvalue weighted by molar-refractivity contribution is -0.145. The highest BCUT2D eigenvalue weighted by Gasteiger charge is 2.73. The Labute approximate surface area is 151 Å². The van der Waals surface area contributed by atoms with E-state index in [1.165, 1.54) is 7.11 Å². The van der Waals surface area contributed by atoms with Crippen molar-refractivity contribution in [3.05, 3.63) is 42.0 Å². The molecule has 0 aliphatic heterocycles. The number of ether oxygens (including phenoxy) is 1. The van der Waals surface area contributed by atoms with Gasteiger partial charge in [-0.25, -0.2) is 0 Å². The standard InChI is InChI=1S/C19H28O5Si/c1-5-22-25(23-6-2,24-7-3)17-15-19(17,18(20)21-4)14-13-16-11-9-8-10-12-16/h8-14,17H,5-7,15H2,1-4H3/b14-13+/t17-,19-/m0/s1. The fraction of sp³-hybridized carbons (Fsp3) is 0.526. The van der Waals surface area contributed by atoms with Crippen LogP contribution in [-0.4, -0.2) is 41.7 Å². The van der Waals surface area contributed by atoms with E-state index in [-0.39, 0.29) is 11.5 Å². The van der Waals surface area contributed by atoms with Gasteiger partial charge in [0.2, 0.25) is 0 Å². The lowest BCUT2D eigenvalue weighted by Crippen LogP contribution is -2.48. The van der Waals surface area contributed by atoms with Crippen LogP contribution < -0.4 is 0 Å². The summed E-state index contributed by atoms with van der Waals surface area (Å²) >= 11 is 0. The SMILES string of the molecule is CCO[Si](OCC)(OCC)[C@H]1C[C@]1(/C=C/c1ccccc1)C(=O)OC. The van der Waals surface area contributed by atoms with Gasteiger partial charge in [-0.15, -0.1) is 0 Å². The number of hydrogen-bond donors (Lipinski definition) is 0. The van der Waals surface area contributed by atoms with Gasteiger partial charge >= 0.3 is 14.8 Å². The highest BCUT2D eigenvalue weighted by molar-refractivity contribution is 6.64. The fourth-order valence-corrected chi connectivity index (χ4v) is 6.72. The van der Waals surface area contributed by atoms with Crippen LogP contribution in [0.1, 0.15) is 32.8 Å². The quantitative estimate of drug-likeness (QED) is 0.468. The van der Waals surface area contributed by atoms with E-state index in [1.54, 1.807) is 0 Å². The highest BCUT2D eigenvalue weighted by Crippen LogP contribution is 2.65. The summed E-state index contributed by atoms with van der Waals surface area (Å²) < 4.78 is 23.1. The van der Waals surface area contributed by atoms with Crippen molar-refractivity contribution >= 4 is 20.8 Å². The molecule has 2 rings (SSSR count). The first-order valence-corrected chi connectivity index (χ1v) is 10.6. The van der Waals surface area contributed by atoms with Gasteiger partial charge in [-0.2, -0.15) is 0 Å². The van der Waals surface area contributed by atoms with E-state index in [0.29, 0.717) is 26.2 Å². The Bertz CT molecular complexity index is 572. The molecule has 0 bridgehead atoms. The smallest absolute Gasteiger partial charge is 0.468 e. The predicted octanol–water partition coefficient (Wildman–Crippen LogP) is 3.68. The van der Waals surface area contributed by atoms with Crippen molar-refractivity contribution in [2.45, 2.75) is 32.7 Å². The van der Waals surface area contributed by atoms with Gasteiger partial charge in [0.1, 0.15) is 0 Å². The first-order valence-electron chi connectivity index (χ1n) is 8.83. The molecule has 1 saturated carbocycles. The summed E-state index contributed by atoms with van der Waals surface area (Å²) in [6.45, 7) is 7.22. The zero-order valence-corrected chi connectivity index (χ0v) is 16.5. The van der Waals surface area contributed by atoms with E-state index in [0.717, 1.165) is 5.56 Å². The normalized spacial score (nSPS) is 23.0. The van der Waals surface area contributed by atoms with E-state index in [2.05, 4.69) is 0 Å². The lowest BCUT2D eigenvalue weighted by Gasteiger charge is -2.30. The van der Waals surface area contributed by atoms with Crippen LogP contribution in [0.2, 0.25) is 5.54 Å². The number of rotatable bonds is 10. The van der Waals surface area contributed by atoms with E-state index < -0.39 is 14.2 Å². The molecule has 1 aromatic carbocycles. The number of benzene rings is 1. The largest absolute Gasteiger partial charge is 0.505 e. The molecular weight excluding hydrogens is 336 g/mol. The third-order valence-electron chi connectivity index (χ3n) is 4.41. The van der Waals surface area contributed by atoms with Gasteiger partial charge in [-0.3, -0.25) is 4.79 Å². The van der Waals surface area contributed by atoms with Crippen molar-refractivity contribution in [1.82, 2.24) is 0 Å². The Hall–Kier alpha value is -1.47. The second-order valence-electron chi connectivity index (χ2n) is 5.94. The van der Waals surface area contributed by atoms with E-state index in [4.69, 9.17) is 18.0 Å². The van der Waals surface area contributed by atoms with Crippen LogP contribution in [-0.2, 0) is 22.8 Å². The minimum atomic E-state index is -2.97. The van der Waals surface area contributed by atoms with Crippen LogP contribution in [0.25, 0.3) is 6.08 Å². The van der Waals surface area contributed by atoms with Crippen LogP contribution in [0.4, 0.5) is 0 Å². The molecular formula is C19H28O5Si. The Morgan fingerprint density at radius 2 is 1.68 bits per heavy atom. The zero-order valence-electron chi connectivity index (χ0n) is 15.5. The summed E-state index contributed by atoms with van der Waals surface area (Å²) in [5.74, 6) is -0.263. The molecule has 1 aromatic rings. The molecule has 0 aromatic heterocycles. The minimum absolute atomic E-state index is 0.118.